The molecule has 1 saturated heterocycles. The van der Waals surface area contributed by atoms with Crippen LogP contribution in [0.1, 0.15) is 18.4 Å². The van der Waals surface area contributed by atoms with Gasteiger partial charge in [0.1, 0.15) is 0 Å². The van der Waals surface area contributed by atoms with Gasteiger partial charge < -0.3 is 19.7 Å². The molecule has 1 atom stereocenters. The van der Waals surface area contributed by atoms with Crippen molar-refractivity contribution in [3.05, 3.63) is 41.4 Å². The monoisotopic (exact) mass is 371 g/mol. The van der Waals surface area contributed by atoms with Gasteiger partial charge >= 0.3 is 0 Å². The number of anilines is 1. The fourth-order valence-corrected chi connectivity index (χ4v) is 3.95. The number of thiazole rings is 1. The second kappa shape index (κ2) is 7.78. The molecule has 2 aliphatic heterocycles. The minimum atomic E-state index is -0.0750. The molecule has 2 aromatic rings. The van der Waals surface area contributed by atoms with Crippen LogP contribution in [0.2, 0.25) is 0 Å². The van der Waals surface area contributed by atoms with E-state index < -0.39 is 0 Å². The first kappa shape index (κ1) is 16.9. The van der Waals surface area contributed by atoms with Gasteiger partial charge in [-0.1, -0.05) is 6.07 Å². The van der Waals surface area contributed by atoms with E-state index in [2.05, 4.69) is 15.2 Å². The molecular weight excluding hydrogens is 350 g/mol. The van der Waals surface area contributed by atoms with Crippen LogP contribution in [0.15, 0.2) is 35.9 Å². The number of ether oxygens (including phenoxy) is 2. The maximum absolute atomic E-state index is 12.1. The summed E-state index contributed by atoms with van der Waals surface area (Å²) in [7, 11) is 0. The SMILES string of the molecule is O=C(/C=C/c1ccc2c(c1)OCO2)NCC1CCCN(c2nccs2)C1. The van der Waals surface area contributed by atoms with Crippen molar-refractivity contribution in [3.63, 3.8) is 0 Å². The predicted molar refractivity (Wildman–Crippen MR) is 102 cm³/mol. The third-order valence-electron chi connectivity index (χ3n) is 4.60. The number of benzene rings is 1. The van der Waals surface area contributed by atoms with Crippen LogP contribution in [-0.4, -0.2) is 37.3 Å². The van der Waals surface area contributed by atoms with Crippen molar-refractivity contribution in [2.45, 2.75) is 12.8 Å². The van der Waals surface area contributed by atoms with Crippen LogP contribution in [0.25, 0.3) is 6.08 Å². The lowest BCUT2D eigenvalue weighted by atomic mass is 9.98. The molecule has 26 heavy (non-hydrogen) atoms. The van der Waals surface area contributed by atoms with Crippen LogP contribution in [0.4, 0.5) is 5.13 Å². The van der Waals surface area contributed by atoms with Crippen LogP contribution in [0, 0.1) is 5.92 Å². The summed E-state index contributed by atoms with van der Waals surface area (Å²) < 4.78 is 10.6. The van der Waals surface area contributed by atoms with Gasteiger partial charge in [-0.05, 0) is 42.5 Å². The third kappa shape index (κ3) is 3.99. The molecule has 2 aliphatic rings. The molecule has 1 aromatic heterocycles. The van der Waals surface area contributed by atoms with Crippen molar-refractivity contribution in [1.29, 1.82) is 0 Å². The molecule has 3 heterocycles. The molecule has 0 aliphatic carbocycles. The zero-order chi connectivity index (χ0) is 17.8. The van der Waals surface area contributed by atoms with Gasteiger partial charge in [0.05, 0.1) is 0 Å². The topological polar surface area (TPSA) is 63.7 Å². The highest BCUT2D eigenvalue weighted by Gasteiger charge is 2.21. The average Bonchev–Trinajstić information content (AvgIpc) is 3.36. The molecule has 0 radical (unpaired) electrons. The summed E-state index contributed by atoms with van der Waals surface area (Å²) >= 11 is 1.67. The maximum atomic E-state index is 12.1. The standard InChI is InChI=1S/C19H21N3O3S/c23-18(6-4-14-3-5-16-17(10-14)25-13-24-16)21-11-15-2-1-8-22(12-15)19-20-7-9-26-19/h3-7,9-10,15H,1-2,8,11-13H2,(H,21,23)/b6-4+. The highest BCUT2D eigenvalue weighted by molar-refractivity contribution is 7.13. The van der Waals surface area contributed by atoms with Crippen molar-refractivity contribution in [3.8, 4) is 11.5 Å². The molecule has 6 nitrogen and oxygen atoms in total. The lowest BCUT2D eigenvalue weighted by Gasteiger charge is -2.32. The average molecular weight is 371 g/mol. The molecule has 7 heteroatoms. The number of amides is 1. The van der Waals surface area contributed by atoms with Gasteiger partial charge in [-0.2, -0.15) is 0 Å². The number of hydrogen-bond acceptors (Lipinski definition) is 6. The summed E-state index contributed by atoms with van der Waals surface area (Å²) in [5.41, 5.74) is 0.914. The Morgan fingerprint density at radius 3 is 3.19 bits per heavy atom. The molecule has 4 rings (SSSR count). The summed E-state index contributed by atoms with van der Waals surface area (Å²) in [4.78, 5) is 18.8. The molecule has 1 N–H and O–H groups in total. The Labute approximate surface area is 156 Å². The number of hydrogen-bond donors (Lipinski definition) is 1. The molecule has 1 fully saturated rings. The number of carbonyl (C=O) groups excluding carboxylic acids is 1. The highest BCUT2D eigenvalue weighted by atomic mass is 32.1. The molecule has 1 amide bonds. The molecule has 0 spiro atoms. The van der Waals surface area contributed by atoms with Gasteiger partial charge in [0, 0.05) is 37.3 Å². The summed E-state index contributed by atoms with van der Waals surface area (Å²) in [5.74, 6) is 1.84. The molecule has 0 bridgehead atoms. The van der Waals surface area contributed by atoms with Crippen molar-refractivity contribution in [1.82, 2.24) is 10.3 Å². The van der Waals surface area contributed by atoms with Gasteiger partial charge in [-0.25, -0.2) is 4.98 Å². The molecular formula is C19H21N3O3S. The van der Waals surface area contributed by atoms with Crippen LogP contribution >= 0.6 is 11.3 Å². The zero-order valence-electron chi connectivity index (χ0n) is 14.4. The first-order chi connectivity index (χ1) is 12.8. The Kier molecular flexibility index (Phi) is 5.06. The second-order valence-corrected chi connectivity index (χ2v) is 7.33. The number of rotatable bonds is 5. The molecule has 1 unspecified atom stereocenters. The molecule has 1 aromatic carbocycles. The highest BCUT2D eigenvalue weighted by Crippen LogP contribution is 2.32. The number of piperidine rings is 1. The second-order valence-electron chi connectivity index (χ2n) is 6.46. The number of nitrogens with one attached hydrogen (secondary N) is 1. The largest absolute Gasteiger partial charge is 0.454 e. The van der Waals surface area contributed by atoms with Crippen LogP contribution < -0.4 is 19.7 Å². The van der Waals surface area contributed by atoms with E-state index in [9.17, 15) is 4.79 Å². The van der Waals surface area contributed by atoms with Gasteiger partial charge in [0.15, 0.2) is 16.6 Å². The number of aromatic nitrogens is 1. The minimum absolute atomic E-state index is 0.0750. The van der Waals surface area contributed by atoms with Crippen molar-refractivity contribution in [2.75, 3.05) is 31.3 Å². The number of carbonyl (C=O) groups is 1. The summed E-state index contributed by atoms with van der Waals surface area (Å²) in [6.45, 7) is 2.93. The quantitative estimate of drug-likeness (QED) is 0.819. The minimum Gasteiger partial charge on any atom is -0.454 e. The molecule has 0 saturated carbocycles. The third-order valence-corrected chi connectivity index (χ3v) is 5.43. The fourth-order valence-electron chi connectivity index (χ4n) is 3.27. The van der Waals surface area contributed by atoms with Gasteiger partial charge in [0.25, 0.3) is 0 Å². The van der Waals surface area contributed by atoms with E-state index in [4.69, 9.17) is 9.47 Å². The zero-order valence-corrected chi connectivity index (χ0v) is 15.2. The Morgan fingerprint density at radius 2 is 2.31 bits per heavy atom. The van der Waals surface area contributed by atoms with Gasteiger partial charge in [-0.15, -0.1) is 11.3 Å². The van der Waals surface area contributed by atoms with Crippen LogP contribution in [0.3, 0.4) is 0 Å². The summed E-state index contributed by atoms with van der Waals surface area (Å²) in [5, 5.41) is 6.09. The summed E-state index contributed by atoms with van der Waals surface area (Å²) in [6.07, 6.45) is 7.46. The van der Waals surface area contributed by atoms with Gasteiger partial charge in [0.2, 0.25) is 12.7 Å². The first-order valence-corrected chi connectivity index (χ1v) is 9.66. The molecule has 136 valence electrons. The maximum Gasteiger partial charge on any atom is 0.244 e. The van der Waals surface area contributed by atoms with Crippen LogP contribution in [-0.2, 0) is 4.79 Å². The van der Waals surface area contributed by atoms with E-state index in [0.29, 0.717) is 12.5 Å². The summed E-state index contributed by atoms with van der Waals surface area (Å²) in [6, 6.07) is 5.64. The van der Waals surface area contributed by atoms with E-state index in [1.807, 2.05) is 29.8 Å². The normalized spacial score (nSPS) is 19.1. The van der Waals surface area contributed by atoms with E-state index in [1.54, 1.807) is 23.5 Å². The Hall–Kier alpha value is -2.54. The lowest BCUT2D eigenvalue weighted by Crippen LogP contribution is -2.40. The van der Waals surface area contributed by atoms with Crippen molar-refractivity contribution >= 4 is 28.5 Å². The van der Waals surface area contributed by atoms with Crippen molar-refractivity contribution in [2.24, 2.45) is 5.92 Å². The predicted octanol–water partition coefficient (Wildman–Crippen LogP) is 2.92. The van der Waals surface area contributed by atoms with Gasteiger partial charge in [-0.3, -0.25) is 4.79 Å². The van der Waals surface area contributed by atoms with Crippen molar-refractivity contribution < 1.29 is 14.3 Å². The van der Waals surface area contributed by atoms with E-state index in [1.165, 1.54) is 0 Å². The smallest absolute Gasteiger partial charge is 0.244 e. The number of nitrogens with zero attached hydrogens (tertiary/aromatic N) is 2. The van der Waals surface area contributed by atoms with E-state index in [0.717, 1.165) is 48.1 Å². The van der Waals surface area contributed by atoms with E-state index in [-0.39, 0.29) is 12.7 Å². The lowest BCUT2D eigenvalue weighted by molar-refractivity contribution is -0.116. The first-order valence-electron chi connectivity index (χ1n) is 8.78. The van der Waals surface area contributed by atoms with E-state index >= 15 is 0 Å². The Bertz CT molecular complexity index is 791. The van der Waals surface area contributed by atoms with Crippen LogP contribution in [0.5, 0.6) is 11.5 Å². The Balaban J connectivity index is 1.27. The fraction of sp³-hybridized carbons (Fsp3) is 0.368. The Morgan fingerprint density at radius 1 is 1.38 bits per heavy atom. The number of fused-ring (bicyclic) bond motifs is 1.